The number of thioether (sulfide) groups is 1. The monoisotopic (exact) mass is 434 g/mol. The van der Waals surface area contributed by atoms with Crippen LogP contribution in [-0.2, 0) is 26.6 Å². The second kappa shape index (κ2) is 9.20. The molecule has 0 unspecified atom stereocenters. The zero-order valence-corrected chi connectivity index (χ0v) is 18.2. The Balaban J connectivity index is 1.73. The maximum atomic E-state index is 12.5. The number of hydrogen-bond donors (Lipinski definition) is 0. The molecule has 0 radical (unpaired) electrons. The highest BCUT2D eigenvalue weighted by Gasteiger charge is 2.24. The second-order valence-corrected chi connectivity index (χ2v) is 9.15. The van der Waals surface area contributed by atoms with Gasteiger partial charge in [0.25, 0.3) is 0 Å². The van der Waals surface area contributed by atoms with E-state index in [0.29, 0.717) is 22.9 Å². The summed E-state index contributed by atoms with van der Waals surface area (Å²) < 4.78 is 16.2. The van der Waals surface area contributed by atoms with E-state index >= 15 is 0 Å². The van der Waals surface area contributed by atoms with Crippen LogP contribution in [0.25, 0.3) is 0 Å². The van der Waals surface area contributed by atoms with Gasteiger partial charge in [0.1, 0.15) is 5.75 Å². The molecule has 29 heavy (non-hydrogen) atoms. The van der Waals surface area contributed by atoms with Crippen LogP contribution in [0.15, 0.2) is 41.3 Å². The van der Waals surface area contributed by atoms with Crippen LogP contribution < -0.4 is 4.74 Å². The number of halogens is 1. The third-order valence-corrected chi connectivity index (χ3v) is 5.75. The molecular weight excluding hydrogens is 412 g/mol. The van der Waals surface area contributed by atoms with Crippen molar-refractivity contribution in [2.45, 2.75) is 38.0 Å². The van der Waals surface area contributed by atoms with Crippen LogP contribution in [-0.4, -0.2) is 25.2 Å². The van der Waals surface area contributed by atoms with E-state index in [2.05, 4.69) is 0 Å². The molecule has 0 saturated carbocycles. The molecule has 0 spiro atoms. The lowest BCUT2D eigenvalue weighted by Gasteiger charge is -2.21. The largest absolute Gasteiger partial charge is 0.467 e. The Morgan fingerprint density at radius 1 is 1.21 bits per heavy atom. The molecular formula is C22H23ClO5S. The van der Waals surface area contributed by atoms with Crippen molar-refractivity contribution in [2.75, 3.05) is 13.4 Å². The van der Waals surface area contributed by atoms with Gasteiger partial charge in [-0.25, -0.2) is 4.79 Å². The lowest BCUT2D eigenvalue weighted by atomic mass is 9.91. The first-order valence-corrected chi connectivity index (χ1v) is 10.6. The van der Waals surface area contributed by atoms with Gasteiger partial charge in [-0.2, -0.15) is 0 Å². The highest BCUT2D eigenvalue weighted by Crippen LogP contribution is 2.36. The normalized spacial score (nSPS) is 13.4. The van der Waals surface area contributed by atoms with Gasteiger partial charge in [-0.15, -0.1) is 11.8 Å². The molecule has 1 heterocycles. The average Bonchev–Trinajstić information content (AvgIpc) is 2.69. The lowest BCUT2D eigenvalue weighted by Crippen LogP contribution is -2.26. The number of benzene rings is 2. The van der Waals surface area contributed by atoms with Crippen molar-refractivity contribution in [3.05, 3.63) is 58.1 Å². The first kappa shape index (κ1) is 21.7. The molecule has 1 aliphatic rings. The van der Waals surface area contributed by atoms with E-state index in [1.54, 1.807) is 32.9 Å². The van der Waals surface area contributed by atoms with Crippen molar-refractivity contribution in [2.24, 2.45) is 5.41 Å². The van der Waals surface area contributed by atoms with Crippen LogP contribution in [0, 0.1) is 5.41 Å². The van der Waals surface area contributed by atoms with Crippen molar-refractivity contribution >= 4 is 35.1 Å². The molecule has 0 aromatic heterocycles. The maximum absolute atomic E-state index is 12.5. The molecule has 0 atom stereocenters. The molecule has 0 bridgehead atoms. The molecule has 1 aliphatic heterocycles. The Morgan fingerprint density at radius 2 is 1.97 bits per heavy atom. The lowest BCUT2D eigenvalue weighted by molar-refractivity contribution is -0.129. The topological polar surface area (TPSA) is 61.8 Å². The number of hydrogen-bond acceptors (Lipinski definition) is 6. The minimum atomic E-state index is -0.552. The first-order valence-electron chi connectivity index (χ1n) is 9.20. The van der Waals surface area contributed by atoms with Gasteiger partial charge in [0, 0.05) is 32.2 Å². The Labute approximate surface area is 179 Å². The summed E-state index contributed by atoms with van der Waals surface area (Å²) in [6.45, 7) is 5.82. The number of Topliss-reactive ketones (excluding diaryl/α,β-unsaturated/α-hetero) is 1. The summed E-state index contributed by atoms with van der Waals surface area (Å²) in [7, 11) is 0. The van der Waals surface area contributed by atoms with Gasteiger partial charge in [-0.1, -0.05) is 44.5 Å². The summed E-state index contributed by atoms with van der Waals surface area (Å²) in [5, 5.41) is 0.613. The SMILES string of the molecule is CC(C)(C)C(=O)COC(=O)c1ccccc1SCc1cc(Cl)cc2c1OCOC2. The van der Waals surface area contributed by atoms with Crippen molar-refractivity contribution in [3.8, 4) is 5.75 Å². The number of esters is 1. The second-order valence-electron chi connectivity index (χ2n) is 7.70. The molecule has 0 amide bonds. The Morgan fingerprint density at radius 3 is 2.72 bits per heavy atom. The van der Waals surface area contributed by atoms with E-state index in [1.807, 2.05) is 24.3 Å². The van der Waals surface area contributed by atoms with Crippen LogP contribution in [0.3, 0.4) is 0 Å². The Kier molecular flexibility index (Phi) is 6.88. The van der Waals surface area contributed by atoms with Gasteiger partial charge in [-0.3, -0.25) is 4.79 Å². The molecule has 5 nitrogen and oxygen atoms in total. The quantitative estimate of drug-likeness (QED) is 0.456. The summed E-state index contributed by atoms with van der Waals surface area (Å²) in [5.41, 5.74) is 1.73. The van der Waals surface area contributed by atoms with Crippen LogP contribution in [0.5, 0.6) is 5.75 Å². The van der Waals surface area contributed by atoms with Crippen molar-refractivity contribution in [1.29, 1.82) is 0 Å². The Hall–Kier alpha value is -2.02. The van der Waals surface area contributed by atoms with Crippen LogP contribution in [0.2, 0.25) is 5.02 Å². The fourth-order valence-electron chi connectivity index (χ4n) is 2.71. The number of carbonyl (C=O) groups excluding carboxylic acids is 2. The molecule has 2 aromatic carbocycles. The molecule has 0 aliphatic carbocycles. The molecule has 3 rings (SSSR count). The van der Waals surface area contributed by atoms with Crippen LogP contribution in [0.4, 0.5) is 0 Å². The first-order chi connectivity index (χ1) is 13.8. The summed E-state index contributed by atoms with van der Waals surface area (Å²) in [6.07, 6.45) is 0. The predicted molar refractivity (Wildman–Crippen MR) is 112 cm³/mol. The maximum Gasteiger partial charge on any atom is 0.339 e. The van der Waals surface area contributed by atoms with E-state index in [1.165, 1.54) is 11.8 Å². The zero-order valence-electron chi connectivity index (χ0n) is 16.6. The van der Waals surface area contributed by atoms with Gasteiger partial charge in [-0.05, 0) is 24.3 Å². The summed E-state index contributed by atoms with van der Waals surface area (Å²) in [4.78, 5) is 25.4. The predicted octanol–water partition coefficient (Wildman–Crippen LogP) is 5.27. The van der Waals surface area contributed by atoms with Gasteiger partial charge >= 0.3 is 5.97 Å². The van der Waals surface area contributed by atoms with Crippen LogP contribution >= 0.6 is 23.4 Å². The zero-order chi connectivity index (χ0) is 21.0. The van der Waals surface area contributed by atoms with Gasteiger partial charge in [0.05, 0.1) is 12.2 Å². The van der Waals surface area contributed by atoms with Crippen LogP contribution in [0.1, 0.15) is 42.3 Å². The summed E-state index contributed by atoms with van der Waals surface area (Å²) in [6, 6.07) is 10.9. The molecule has 0 saturated heterocycles. The molecule has 7 heteroatoms. The number of ketones is 1. The molecule has 2 aromatic rings. The highest BCUT2D eigenvalue weighted by atomic mass is 35.5. The van der Waals surface area contributed by atoms with E-state index in [0.717, 1.165) is 21.8 Å². The highest BCUT2D eigenvalue weighted by molar-refractivity contribution is 7.98. The average molecular weight is 435 g/mol. The minimum Gasteiger partial charge on any atom is -0.467 e. The number of ether oxygens (including phenoxy) is 3. The fourth-order valence-corrected chi connectivity index (χ4v) is 3.98. The fraction of sp³-hybridized carbons (Fsp3) is 0.364. The molecule has 0 fully saturated rings. The number of carbonyl (C=O) groups is 2. The van der Waals surface area contributed by atoms with Gasteiger partial charge in [0.15, 0.2) is 19.2 Å². The minimum absolute atomic E-state index is 0.124. The van der Waals surface area contributed by atoms with E-state index in [4.69, 9.17) is 25.8 Å². The summed E-state index contributed by atoms with van der Waals surface area (Å²) >= 11 is 7.71. The third-order valence-electron chi connectivity index (χ3n) is 4.41. The van der Waals surface area contributed by atoms with Gasteiger partial charge in [0.2, 0.25) is 0 Å². The van der Waals surface area contributed by atoms with Crippen molar-refractivity contribution < 1.29 is 23.8 Å². The third kappa shape index (κ3) is 5.53. The Bertz CT molecular complexity index is 920. The van der Waals surface area contributed by atoms with Gasteiger partial charge < -0.3 is 14.2 Å². The van der Waals surface area contributed by atoms with E-state index < -0.39 is 11.4 Å². The van der Waals surface area contributed by atoms with Crippen molar-refractivity contribution in [3.63, 3.8) is 0 Å². The van der Waals surface area contributed by atoms with E-state index in [-0.39, 0.29) is 19.2 Å². The smallest absolute Gasteiger partial charge is 0.339 e. The number of fused-ring (bicyclic) bond motifs is 1. The molecule has 0 N–H and O–H groups in total. The number of rotatable bonds is 6. The molecule has 154 valence electrons. The van der Waals surface area contributed by atoms with Crippen molar-refractivity contribution in [1.82, 2.24) is 0 Å². The summed E-state index contributed by atoms with van der Waals surface area (Å²) in [5.74, 6) is 0.710. The standard InChI is InChI=1S/C22H23ClO5S/c1-22(2,3)19(24)11-27-21(25)17-6-4-5-7-18(17)29-12-15-9-16(23)8-14-10-26-13-28-20(14)15/h4-9H,10-13H2,1-3H3. The van der Waals surface area contributed by atoms with E-state index in [9.17, 15) is 9.59 Å².